The van der Waals surface area contributed by atoms with Crippen LogP contribution in [-0.2, 0) is 11.8 Å². The van der Waals surface area contributed by atoms with E-state index < -0.39 is 42.0 Å². The van der Waals surface area contributed by atoms with Gasteiger partial charge in [-0.05, 0) is 55.0 Å². The number of hydrogen-bond donors (Lipinski definition) is 2. The lowest BCUT2D eigenvalue weighted by molar-refractivity contribution is -0.264. The molecule has 2 N–H and O–H groups in total. The van der Waals surface area contributed by atoms with Gasteiger partial charge in [0.2, 0.25) is 0 Å². The minimum absolute atomic E-state index is 0.336. The lowest BCUT2D eigenvalue weighted by Gasteiger charge is -2.39. The minimum atomic E-state index is -4.90. The van der Waals surface area contributed by atoms with Gasteiger partial charge in [-0.3, -0.25) is 4.98 Å². The van der Waals surface area contributed by atoms with Crippen LogP contribution in [0.15, 0.2) is 30.3 Å². The number of rotatable bonds is 6. The maximum absolute atomic E-state index is 14.2. The SMILES string of the molecule is Cc1ccc2c(n1)C=CCC2NCC(O)(CC(C)(C)c1cc(F)cc2c1OCC2)C(F)(F)F. The van der Waals surface area contributed by atoms with E-state index in [-0.39, 0.29) is 0 Å². The second-order valence-electron chi connectivity index (χ2n) is 9.63. The van der Waals surface area contributed by atoms with Crippen molar-refractivity contribution in [3.05, 3.63) is 64.2 Å². The number of hydrogen-bond acceptors (Lipinski definition) is 4. The van der Waals surface area contributed by atoms with Crippen LogP contribution in [0.25, 0.3) is 6.08 Å². The van der Waals surface area contributed by atoms with Crippen LogP contribution in [0.2, 0.25) is 0 Å². The maximum Gasteiger partial charge on any atom is 0.418 e. The molecule has 0 saturated heterocycles. The Morgan fingerprint density at radius 2 is 1.97 bits per heavy atom. The summed E-state index contributed by atoms with van der Waals surface area (Å²) >= 11 is 0. The minimum Gasteiger partial charge on any atom is -0.493 e. The second kappa shape index (κ2) is 8.40. The van der Waals surface area contributed by atoms with Gasteiger partial charge in [0.1, 0.15) is 11.6 Å². The number of aliphatic hydroxyl groups is 1. The molecule has 33 heavy (non-hydrogen) atoms. The standard InChI is InChI=1S/C25H28F4N2O2/c1-15-7-8-18-20(5-4-6-21(18)31-15)30-14-24(32,25(27,28)29)13-23(2,3)19-12-17(26)11-16-9-10-33-22(16)19/h4,6-8,11-12,20,30,32H,5,9-10,13-14H2,1-3H3. The summed E-state index contributed by atoms with van der Waals surface area (Å²) in [5.74, 6) is -0.101. The zero-order chi connectivity index (χ0) is 24.0. The highest BCUT2D eigenvalue weighted by Gasteiger charge is 2.56. The van der Waals surface area contributed by atoms with Gasteiger partial charge < -0.3 is 15.2 Å². The molecule has 0 radical (unpaired) electrons. The van der Waals surface area contributed by atoms with E-state index in [9.17, 15) is 22.7 Å². The highest BCUT2D eigenvalue weighted by molar-refractivity contribution is 5.54. The van der Waals surface area contributed by atoms with Gasteiger partial charge in [0.05, 0.1) is 12.3 Å². The van der Waals surface area contributed by atoms with Crippen molar-refractivity contribution in [2.24, 2.45) is 0 Å². The van der Waals surface area contributed by atoms with Crippen molar-refractivity contribution in [3.63, 3.8) is 0 Å². The smallest absolute Gasteiger partial charge is 0.418 e. The molecule has 178 valence electrons. The number of aryl methyl sites for hydroxylation is 1. The Hall–Kier alpha value is -2.45. The van der Waals surface area contributed by atoms with Gasteiger partial charge in [0, 0.05) is 35.8 Å². The van der Waals surface area contributed by atoms with Crippen molar-refractivity contribution in [1.29, 1.82) is 0 Å². The van der Waals surface area contributed by atoms with E-state index in [4.69, 9.17) is 4.74 Å². The summed E-state index contributed by atoms with van der Waals surface area (Å²) in [6, 6.07) is 5.82. The number of aromatic nitrogens is 1. The van der Waals surface area contributed by atoms with Gasteiger partial charge >= 0.3 is 6.18 Å². The second-order valence-corrected chi connectivity index (χ2v) is 9.63. The van der Waals surface area contributed by atoms with E-state index in [2.05, 4.69) is 10.3 Å². The van der Waals surface area contributed by atoms with Crippen molar-refractivity contribution >= 4 is 6.08 Å². The number of ether oxygens (including phenoxy) is 1. The van der Waals surface area contributed by atoms with Gasteiger partial charge in [0.15, 0.2) is 5.60 Å². The third-order valence-electron chi connectivity index (χ3n) is 6.50. The molecule has 4 rings (SSSR count). The van der Waals surface area contributed by atoms with Gasteiger partial charge in [-0.25, -0.2) is 4.39 Å². The monoisotopic (exact) mass is 464 g/mol. The Bertz CT molecular complexity index is 1080. The first-order valence-electron chi connectivity index (χ1n) is 11.0. The quantitative estimate of drug-likeness (QED) is 0.579. The topological polar surface area (TPSA) is 54.4 Å². The molecule has 4 nitrogen and oxygen atoms in total. The normalized spacial score (nSPS) is 19.6. The lowest BCUT2D eigenvalue weighted by Crippen LogP contribution is -2.55. The van der Waals surface area contributed by atoms with E-state index in [0.717, 1.165) is 11.3 Å². The molecule has 0 bridgehead atoms. The van der Waals surface area contributed by atoms with Crippen LogP contribution in [0.5, 0.6) is 5.75 Å². The van der Waals surface area contributed by atoms with E-state index in [1.54, 1.807) is 13.8 Å². The van der Waals surface area contributed by atoms with Crippen molar-refractivity contribution in [3.8, 4) is 5.75 Å². The lowest BCUT2D eigenvalue weighted by atomic mass is 9.74. The Balaban J connectivity index is 1.60. The van der Waals surface area contributed by atoms with Crippen LogP contribution in [0.1, 0.15) is 60.8 Å². The fraction of sp³-hybridized carbons (Fsp3) is 0.480. The van der Waals surface area contributed by atoms with Crippen LogP contribution in [0.3, 0.4) is 0 Å². The molecule has 2 unspecified atom stereocenters. The van der Waals surface area contributed by atoms with Crippen molar-refractivity contribution < 1.29 is 27.4 Å². The van der Waals surface area contributed by atoms with Gasteiger partial charge in [-0.2, -0.15) is 13.2 Å². The molecule has 0 spiro atoms. The summed E-state index contributed by atoms with van der Waals surface area (Å²) in [5.41, 5.74) is -0.939. The summed E-state index contributed by atoms with van der Waals surface area (Å²) in [5, 5.41) is 13.8. The van der Waals surface area contributed by atoms with Crippen molar-refractivity contribution in [1.82, 2.24) is 10.3 Å². The average Bonchev–Trinajstić information content (AvgIpc) is 3.18. The molecule has 2 heterocycles. The summed E-state index contributed by atoms with van der Waals surface area (Å²) in [4.78, 5) is 4.44. The number of nitrogens with zero attached hydrogens (tertiary/aromatic N) is 1. The highest BCUT2D eigenvalue weighted by atomic mass is 19.4. The number of benzene rings is 1. The first-order valence-corrected chi connectivity index (χ1v) is 11.0. The van der Waals surface area contributed by atoms with E-state index in [1.165, 1.54) is 12.1 Å². The summed E-state index contributed by atoms with van der Waals surface area (Å²) in [6.07, 6.45) is -0.852. The Kier molecular flexibility index (Phi) is 6.03. The number of pyridine rings is 1. The molecule has 0 fully saturated rings. The summed E-state index contributed by atoms with van der Waals surface area (Å²) in [7, 11) is 0. The molecule has 0 amide bonds. The first-order chi connectivity index (χ1) is 15.4. The van der Waals surface area contributed by atoms with Crippen molar-refractivity contribution in [2.75, 3.05) is 13.2 Å². The molecule has 2 atom stereocenters. The number of nitrogens with one attached hydrogen (secondary N) is 1. The van der Waals surface area contributed by atoms with Crippen LogP contribution in [0.4, 0.5) is 17.6 Å². The Morgan fingerprint density at radius 1 is 1.21 bits per heavy atom. The zero-order valence-corrected chi connectivity index (χ0v) is 18.9. The predicted octanol–water partition coefficient (Wildman–Crippen LogP) is 5.17. The third-order valence-corrected chi connectivity index (χ3v) is 6.50. The first kappa shape index (κ1) is 23.7. The summed E-state index contributed by atoms with van der Waals surface area (Å²) in [6.45, 7) is 4.65. The molecule has 2 aromatic rings. The number of fused-ring (bicyclic) bond motifs is 2. The predicted molar refractivity (Wildman–Crippen MR) is 118 cm³/mol. The van der Waals surface area contributed by atoms with Crippen LogP contribution < -0.4 is 10.1 Å². The fourth-order valence-electron chi connectivity index (χ4n) is 4.81. The van der Waals surface area contributed by atoms with Gasteiger partial charge in [-0.1, -0.05) is 26.0 Å². The Labute approximate surface area is 190 Å². The van der Waals surface area contributed by atoms with Gasteiger partial charge in [-0.15, -0.1) is 0 Å². The molecule has 1 aromatic carbocycles. The molecule has 2 aliphatic rings. The van der Waals surface area contributed by atoms with Crippen LogP contribution in [0, 0.1) is 12.7 Å². The van der Waals surface area contributed by atoms with E-state index in [0.29, 0.717) is 42.0 Å². The maximum atomic E-state index is 14.2. The zero-order valence-electron chi connectivity index (χ0n) is 18.9. The molecule has 1 aliphatic carbocycles. The summed E-state index contributed by atoms with van der Waals surface area (Å²) < 4.78 is 62.4. The third kappa shape index (κ3) is 4.64. The number of alkyl halides is 3. The Morgan fingerprint density at radius 3 is 2.70 bits per heavy atom. The highest BCUT2D eigenvalue weighted by Crippen LogP contribution is 2.46. The van der Waals surface area contributed by atoms with Crippen LogP contribution in [-0.4, -0.2) is 35.0 Å². The number of halogens is 4. The average molecular weight is 465 g/mol. The fourth-order valence-corrected chi connectivity index (χ4v) is 4.81. The molecule has 1 aliphatic heterocycles. The van der Waals surface area contributed by atoms with Crippen molar-refractivity contribution in [2.45, 2.75) is 63.3 Å². The molecule has 1 aromatic heterocycles. The largest absolute Gasteiger partial charge is 0.493 e. The molecular weight excluding hydrogens is 436 g/mol. The van der Waals surface area contributed by atoms with E-state index in [1.807, 2.05) is 31.2 Å². The van der Waals surface area contributed by atoms with Crippen LogP contribution >= 0.6 is 0 Å². The molecule has 8 heteroatoms. The van der Waals surface area contributed by atoms with E-state index >= 15 is 0 Å². The van der Waals surface area contributed by atoms with Gasteiger partial charge in [0.25, 0.3) is 0 Å². The molecular formula is C25H28F4N2O2. The molecule has 0 saturated carbocycles.